The Kier molecular flexibility index (Phi) is 4.37. The van der Waals surface area contributed by atoms with Crippen molar-refractivity contribution in [2.75, 3.05) is 20.8 Å². The molecule has 2 aromatic carbocycles. The third-order valence-corrected chi connectivity index (χ3v) is 4.76. The van der Waals surface area contributed by atoms with Crippen LogP contribution in [-0.2, 0) is 12.0 Å². The van der Waals surface area contributed by atoms with Crippen molar-refractivity contribution in [3.05, 3.63) is 59.2 Å². The van der Waals surface area contributed by atoms with E-state index in [1.54, 1.807) is 38.2 Å². The lowest BCUT2D eigenvalue weighted by Gasteiger charge is -2.41. The molecule has 1 amide bonds. The average Bonchev–Trinajstić information content (AvgIpc) is 2.67. The molecule has 0 radical (unpaired) electrons. The quantitative estimate of drug-likeness (QED) is 0.864. The Morgan fingerprint density at radius 3 is 2.40 bits per heavy atom. The fraction of sp³-hybridized carbons (Fsp3) is 0.300. The van der Waals surface area contributed by atoms with E-state index < -0.39 is 5.54 Å². The van der Waals surface area contributed by atoms with E-state index in [1.165, 1.54) is 0 Å². The molecule has 0 N–H and O–H groups in total. The van der Waals surface area contributed by atoms with Crippen LogP contribution >= 0.6 is 0 Å². The average molecular weight is 336 g/mol. The first kappa shape index (κ1) is 16.8. The summed E-state index contributed by atoms with van der Waals surface area (Å²) in [7, 11) is 3.14. The second-order valence-corrected chi connectivity index (χ2v) is 6.12. The van der Waals surface area contributed by atoms with Crippen LogP contribution in [0.5, 0.6) is 11.5 Å². The molecular formula is C20H20N2O3. The molecule has 25 heavy (non-hydrogen) atoms. The fourth-order valence-corrected chi connectivity index (χ4v) is 3.34. The van der Waals surface area contributed by atoms with E-state index in [-0.39, 0.29) is 5.91 Å². The molecule has 1 aliphatic rings. The predicted octanol–water partition coefficient (Wildman–Crippen LogP) is 3.14. The molecule has 1 heterocycles. The highest BCUT2D eigenvalue weighted by Crippen LogP contribution is 2.41. The summed E-state index contributed by atoms with van der Waals surface area (Å²) in [6, 6.07) is 15.1. The standard InChI is InChI=1S/C20H20N2O3/c1-20(13-21)16-12-18(25-3)17(24-2)11-15(16)9-10-22(20)19(23)14-7-5-4-6-8-14/h4-8,11-12H,9-10H2,1-3H3. The highest BCUT2D eigenvalue weighted by atomic mass is 16.5. The van der Waals surface area contributed by atoms with Crippen molar-refractivity contribution in [1.82, 2.24) is 4.90 Å². The number of rotatable bonds is 3. The van der Waals surface area contributed by atoms with Gasteiger partial charge >= 0.3 is 0 Å². The summed E-state index contributed by atoms with van der Waals surface area (Å²) < 4.78 is 10.7. The minimum atomic E-state index is -1.07. The molecule has 0 aliphatic carbocycles. The highest BCUT2D eigenvalue weighted by Gasteiger charge is 2.42. The van der Waals surface area contributed by atoms with Crippen LogP contribution < -0.4 is 9.47 Å². The normalized spacial score (nSPS) is 18.9. The fourth-order valence-electron chi connectivity index (χ4n) is 3.34. The molecule has 0 spiro atoms. The van der Waals surface area contributed by atoms with Crippen LogP contribution in [0.2, 0.25) is 0 Å². The number of fused-ring (bicyclic) bond motifs is 1. The molecule has 2 aromatic rings. The third kappa shape index (κ3) is 2.70. The Labute approximate surface area is 147 Å². The summed E-state index contributed by atoms with van der Waals surface area (Å²) >= 11 is 0. The first-order chi connectivity index (χ1) is 12.0. The molecule has 3 rings (SSSR count). The van der Waals surface area contributed by atoms with Crippen LogP contribution in [0.3, 0.4) is 0 Å². The van der Waals surface area contributed by atoms with Crippen LogP contribution in [0.25, 0.3) is 0 Å². The van der Waals surface area contributed by atoms with Crippen molar-refractivity contribution >= 4 is 5.91 Å². The zero-order valence-corrected chi connectivity index (χ0v) is 14.6. The van der Waals surface area contributed by atoms with E-state index in [0.29, 0.717) is 30.0 Å². The van der Waals surface area contributed by atoms with Gasteiger partial charge < -0.3 is 14.4 Å². The molecule has 1 aliphatic heterocycles. The Bertz CT molecular complexity index is 842. The summed E-state index contributed by atoms with van der Waals surface area (Å²) in [6.45, 7) is 2.25. The van der Waals surface area contributed by atoms with Crippen LogP contribution in [0.4, 0.5) is 0 Å². The van der Waals surface area contributed by atoms with Crippen LogP contribution in [-0.4, -0.2) is 31.6 Å². The van der Waals surface area contributed by atoms with E-state index in [2.05, 4.69) is 6.07 Å². The van der Waals surface area contributed by atoms with Crippen molar-refractivity contribution in [1.29, 1.82) is 5.26 Å². The zero-order valence-electron chi connectivity index (χ0n) is 14.6. The Morgan fingerprint density at radius 2 is 1.80 bits per heavy atom. The maximum absolute atomic E-state index is 13.0. The van der Waals surface area contributed by atoms with Crippen molar-refractivity contribution in [2.45, 2.75) is 18.9 Å². The van der Waals surface area contributed by atoms with Gasteiger partial charge in [0, 0.05) is 12.1 Å². The number of hydrogen-bond acceptors (Lipinski definition) is 4. The van der Waals surface area contributed by atoms with Crippen molar-refractivity contribution in [2.24, 2.45) is 0 Å². The van der Waals surface area contributed by atoms with Gasteiger partial charge in [0.2, 0.25) is 0 Å². The molecule has 0 aromatic heterocycles. The zero-order chi connectivity index (χ0) is 18.0. The second kappa shape index (κ2) is 6.48. The first-order valence-electron chi connectivity index (χ1n) is 8.08. The lowest BCUT2D eigenvalue weighted by molar-refractivity contribution is 0.0584. The lowest BCUT2D eigenvalue weighted by Crippen LogP contribution is -2.51. The maximum Gasteiger partial charge on any atom is 0.255 e. The highest BCUT2D eigenvalue weighted by molar-refractivity contribution is 5.95. The lowest BCUT2D eigenvalue weighted by atomic mass is 9.82. The molecule has 0 fully saturated rings. The Morgan fingerprint density at radius 1 is 1.16 bits per heavy atom. The van der Waals surface area contributed by atoms with Gasteiger partial charge in [-0.15, -0.1) is 0 Å². The van der Waals surface area contributed by atoms with Gasteiger partial charge in [-0.25, -0.2) is 0 Å². The number of hydrogen-bond donors (Lipinski definition) is 0. The van der Waals surface area contributed by atoms with Gasteiger partial charge in [0.1, 0.15) is 0 Å². The van der Waals surface area contributed by atoms with Crippen LogP contribution in [0.15, 0.2) is 42.5 Å². The number of nitrogens with zero attached hydrogens (tertiary/aromatic N) is 2. The Balaban J connectivity index is 2.09. The van der Waals surface area contributed by atoms with Gasteiger partial charge in [-0.2, -0.15) is 5.26 Å². The smallest absolute Gasteiger partial charge is 0.255 e. The SMILES string of the molecule is COc1cc2c(cc1OC)C(C)(C#N)N(C(=O)c1ccccc1)CC2. The Hall–Kier alpha value is -3.00. The number of benzene rings is 2. The summed E-state index contributed by atoms with van der Waals surface area (Å²) in [5.74, 6) is 1.03. The molecule has 5 heteroatoms. The molecule has 128 valence electrons. The van der Waals surface area contributed by atoms with E-state index in [0.717, 1.165) is 11.1 Å². The van der Waals surface area contributed by atoms with Gasteiger partial charge in [0.05, 0.1) is 20.3 Å². The van der Waals surface area contributed by atoms with Crippen molar-refractivity contribution in [3.63, 3.8) is 0 Å². The van der Waals surface area contributed by atoms with E-state index >= 15 is 0 Å². The molecule has 0 saturated carbocycles. The van der Waals surface area contributed by atoms with Gasteiger partial charge in [-0.05, 0) is 48.7 Å². The number of amides is 1. The monoisotopic (exact) mass is 336 g/mol. The van der Waals surface area contributed by atoms with Crippen LogP contribution in [0.1, 0.15) is 28.4 Å². The number of nitriles is 1. The first-order valence-corrected chi connectivity index (χ1v) is 8.08. The van der Waals surface area contributed by atoms with E-state index in [9.17, 15) is 10.1 Å². The largest absolute Gasteiger partial charge is 0.493 e. The second-order valence-electron chi connectivity index (χ2n) is 6.12. The summed E-state index contributed by atoms with van der Waals surface area (Å²) in [5.41, 5.74) is 1.29. The minimum Gasteiger partial charge on any atom is -0.493 e. The molecule has 1 unspecified atom stereocenters. The predicted molar refractivity (Wildman–Crippen MR) is 93.7 cm³/mol. The maximum atomic E-state index is 13.0. The van der Waals surface area contributed by atoms with Crippen molar-refractivity contribution < 1.29 is 14.3 Å². The van der Waals surface area contributed by atoms with Crippen LogP contribution in [0, 0.1) is 11.3 Å². The molecule has 5 nitrogen and oxygen atoms in total. The summed E-state index contributed by atoms with van der Waals surface area (Å²) in [6.07, 6.45) is 0.658. The third-order valence-electron chi connectivity index (χ3n) is 4.76. The summed E-state index contributed by atoms with van der Waals surface area (Å²) in [4.78, 5) is 14.6. The molecule has 0 bridgehead atoms. The van der Waals surface area contributed by atoms with Gasteiger partial charge in [0.25, 0.3) is 5.91 Å². The number of carbonyl (C=O) groups is 1. The van der Waals surface area contributed by atoms with E-state index in [1.807, 2.05) is 30.3 Å². The van der Waals surface area contributed by atoms with Gasteiger partial charge in [0.15, 0.2) is 17.0 Å². The summed E-state index contributed by atoms with van der Waals surface area (Å²) in [5, 5.41) is 9.94. The number of ether oxygens (including phenoxy) is 2. The molecule has 0 saturated heterocycles. The number of carbonyl (C=O) groups excluding carboxylic acids is 1. The minimum absolute atomic E-state index is 0.148. The van der Waals surface area contributed by atoms with Gasteiger partial charge in [-0.1, -0.05) is 18.2 Å². The molecule has 1 atom stereocenters. The molecular weight excluding hydrogens is 316 g/mol. The number of methoxy groups -OCH3 is 2. The van der Waals surface area contributed by atoms with Gasteiger partial charge in [-0.3, -0.25) is 4.79 Å². The van der Waals surface area contributed by atoms with Crippen molar-refractivity contribution in [3.8, 4) is 17.6 Å². The van der Waals surface area contributed by atoms with E-state index in [4.69, 9.17) is 9.47 Å². The topological polar surface area (TPSA) is 62.6 Å².